The lowest BCUT2D eigenvalue weighted by atomic mass is 10.0. The molecule has 19 heavy (non-hydrogen) atoms. The molecule has 0 fully saturated rings. The van der Waals surface area contributed by atoms with Gasteiger partial charge in [-0.15, -0.1) is 0 Å². The minimum Gasteiger partial charge on any atom is -0.331 e. The van der Waals surface area contributed by atoms with Crippen LogP contribution >= 0.6 is 23.8 Å². The first-order valence-corrected chi connectivity index (χ1v) is 7.10. The van der Waals surface area contributed by atoms with Crippen LogP contribution in [0.4, 0.5) is 5.69 Å². The van der Waals surface area contributed by atoms with Crippen molar-refractivity contribution in [3.63, 3.8) is 0 Å². The van der Waals surface area contributed by atoms with E-state index in [1.807, 2.05) is 18.2 Å². The van der Waals surface area contributed by atoms with E-state index >= 15 is 0 Å². The zero-order valence-corrected chi connectivity index (χ0v) is 12.2. The first kappa shape index (κ1) is 12.6. The molecule has 1 aliphatic heterocycles. The van der Waals surface area contributed by atoms with Gasteiger partial charge < -0.3 is 4.90 Å². The van der Waals surface area contributed by atoms with E-state index < -0.39 is 0 Å². The fourth-order valence-corrected chi connectivity index (χ4v) is 3.00. The molecular weight excluding hydrogens is 274 g/mol. The van der Waals surface area contributed by atoms with Gasteiger partial charge in [0.05, 0.1) is 4.99 Å². The van der Waals surface area contributed by atoms with E-state index in [1.165, 1.54) is 16.8 Å². The molecule has 1 heterocycles. The Kier molecular flexibility index (Phi) is 3.29. The highest BCUT2D eigenvalue weighted by molar-refractivity contribution is 7.80. The third kappa shape index (κ3) is 2.26. The molecule has 3 heteroatoms. The summed E-state index contributed by atoms with van der Waals surface area (Å²) in [4.78, 5) is 3.18. The van der Waals surface area contributed by atoms with E-state index in [1.54, 1.807) is 0 Å². The van der Waals surface area contributed by atoms with Gasteiger partial charge in [-0.3, -0.25) is 0 Å². The normalized spacial score (nSPS) is 17.7. The van der Waals surface area contributed by atoms with Crippen molar-refractivity contribution >= 4 is 34.5 Å². The van der Waals surface area contributed by atoms with E-state index in [0.717, 1.165) is 16.6 Å². The molecule has 0 saturated carbocycles. The Morgan fingerprint density at radius 2 is 1.89 bits per heavy atom. The number of hydrogen-bond donors (Lipinski definition) is 0. The molecule has 2 aromatic rings. The van der Waals surface area contributed by atoms with Crippen molar-refractivity contribution < 1.29 is 0 Å². The molecule has 1 nitrogen and oxygen atoms in total. The summed E-state index contributed by atoms with van der Waals surface area (Å²) in [7, 11) is 0. The van der Waals surface area contributed by atoms with E-state index in [2.05, 4.69) is 42.2 Å². The summed E-state index contributed by atoms with van der Waals surface area (Å²) >= 11 is 11.7. The lowest BCUT2D eigenvalue weighted by molar-refractivity contribution is 1.01. The van der Waals surface area contributed by atoms with Gasteiger partial charge in [-0.25, -0.2) is 0 Å². The SMILES string of the molecule is CC1C(=S)N(Cc2ccccc2)c2ccc(Cl)cc21. The van der Waals surface area contributed by atoms with Crippen LogP contribution in [0.25, 0.3) is 0 Å². The summed E-state index contributed by atoms with van der Waals surface area (Å²) in [5.41, 5.74) is 3.68. The Hall–Kier alpha value is -1.38. The van der Waals surface area contributed by atoms with Gasteiger partial charge in [0.1, 0.15) is 0 Å². The first-order valence-electron chi connectivity index (χ1n) is 6.31. The van der Waals surface area contributed by atoms with Gasteiger partial charge in [-0.05, 0) is 29.3 Å². The molecular formula is C16H14ClNS. The van der Waals surface area contributed by atoms with E-state index in [9.17, 15) is 0 Å². The maximum absolute atomic E-state index is 6.08. The van der Waals surface area contributed by atoms with Crippen molar-refractivity contribution in [3.05, 3.63) is 64.7 Å². The number of halogens is 1. The topological polar surface area (TPSA) is 3.24 Å². The number of hydrogen-bond acceptors (Lipinski definition) is 1. The van der Waals surface area contributed by atoms with Crippen molar-refractivity contribution in [3.8, 4) is 0 Å². The van der Waals surface area contributed by atoms with Crippen LogP contribution in [0.15, 0.2) is 48.5 Å². The highest BCUT2D eigenvalue weighted by Crippen LogP contribution is 2.40. The van der Waals surface area contributed by atoms with Crippen molar-refractivity contribution in [1.29, 1.82) is 0 Å². The predicted octanol–water partition coefficient (Wildman–Crippen LogP) is 4.79. The smallest absolute Gasteiger partial charge is 0.0900 e. The summed E-state index contributed by atoms with van der Waals surface area (Å²) in [5.74, 6) is 0.257. The number of thiocarbonyl (C=S) groups is 1. The second-order valence-corrected chi connectivity index (χ2v) is 5.69. The van der Waals surface area contributed by atoms with Gasteiger partial charge in [-0.2, -0.15) is 0 Å². The number of nitrogens with zero attached hydrogens (tertiary/aromatic N) is 1. The summed E-state index contributed by atoms with van der Waals surface area (Å²) < 4.78 is 0. The van der Waals surface area contributed by atoms with Gasteiger partial charge in [0.15, 0.2) is 0 Å². The Morgan fingerprint density at radius 1 is 1.16 bits per heavy atom. The summed E-state index contributed by atoms with van der Waals surface area (Å²) in [6.45, 7) is 2.96. The molecule has 0 spiro atoms. The van der Waals surface area contributed by atoms with Gasteiger partial charge in [0.25, 0.3) is 0 Å². The molecule has 0 saturated heterocycles. The second-order valence-electron chi connectivity index (χ2n) is 4.83. The van der Waals surface area contributed by atoms with Crippen LogP contribution in [0.1, 0.15) is 24.0 Å². The van der Waals surface area contributed by atoms with E-state index in [-0.39, 0.29) is 5.92 Å². The van der Waals surface area contributed by atoms with Gasteiger partial charge in [-0.1, -0.05) is 61.1 Å². The van der Waals surface area contributed by atoms with Crippen LogP contribution in [0.2, 0.25) is 5.02 Å². The second kappa shape index (κ2) is 4.95. The predicted molar refractivity (Wildman–Crippen MR) is 85.1 cm³/mol. The number of anilines is 1. The van der Waals surface area contributed by atoms with Gasteiger partial charge in [0.2, 0.25) is 0 Å². The summed E-state index contributed by atoms with van der Waals surface area (Å²) in [6, 6.07) is 16.4. The fraction of sp³-hybridized carbons (Fsp3) is 0.188. The number of fused-ring (bicyclic) bond motifs is 1. The monoisotopic (exact) mass is 287 g/mol. The summed E-state index contributed by atoms with van der Waals surface area (Å²) in [5, 5.41) is 0.773. The van der Waals surface area contributed by atoms with Crippen LogP contribution in [0, 0.1) is 0 Å². The van der Waals surface area contributed by atoms with Crippen LogP contribution in [0.3, 0.4) is 0 Å². The van der Waals surface area contributed by atoms with Crippen LogP contribution in [-0.4, -0.2) is 4.99 Å². The highest BCUT2D eigenvalue weighted by Gasteiger charge is 2.30. The Bertz CT molecular complexity index is 624. The Labute approximate surface area is 123 Å². The zero-order valence-electron chi connectivity index (χ0n) is 10.6. The van der Waals surface area contributed by atoms with Crippen LogP contribution in [0.5, 0.6) is 0 Å². The Morgan fingerprint density at radius 3 is 2.63 bits per heavy atom. The fourth-order valence-electron chi connectivity index (χ4n) is 2.53. The standard InChI is InChI=1S/C16H14ClNS/c1-11-14-9-13(17)7-8-15(14)18(16(11)19)10-12-5-3-2-4-6-12/h2-9,11H,10H2,1H3. The Balaban J connectivity index is 1.98. The minimum absolute atomic E-state index is 0.257. The van der Waals surface area contributed by atoms with E-state index in [0.29, 0.717) is 0 Å². The van der Waals surface area contributed by atoms with Crippen molar-refractivity contribution in [1.82, 2.24) is 0 Å². The molecule has 0 N–H and O–H groups in total. The van der Waals surface area contributed by atoms with Crippen molar-refractivity contribution in [2.24, 2.45) is 0 Å². The average molecular weight is 288 g/mol. The lowest BCUT2D eigenvalue weighted by Gasteiger charge is -2.20. The molecule has 0 aromatic heterocycles. The molecule has 1 aliphatic rings. The lowest BCUT2D eigenvalue weighted by Crippen LogP contribution is -2.25. The molecule has 1 atom stereocenters. The van der Waals surface area contributed by atoms with Crippen molar-refractivity contribution in [2.75, 3.05) is 4.90 Å². The van der Waals surface area contributed by atoms with Gasteiger partial charge >= 0.3 is 0 Å². The highest BCUT2D eigenvalue weighted by atomic mass is 35.5. The number of benzene rings is 2. The summed E-state index contributed by atoms with van der Waals surface area (Å²) in [6.07, 6.45) is 0. The largest absolute Gasteiger partial charge is 0.331 e. The third-order valence-corrected chi connectivity index (χ3v) is 4.38. The minimum atomic E-state index is 0.257. The molecule has 96 valence electrons. The molecule has 0 amide bonds. The molecule has 0 radical (unpaired) electrons. The number of rotatable bonds is 2. The first-order chi connectivity index (χ1) is 9.16. The average Bonchev–Trinajstić information content (AvgIpc) is 2.65. The van der Waals surface area contributed by atoms with Crippen LogP contribution in [-0.2, 0) is 6.54 Å². The maximum atomic E-state index is 6.08. The van der Waals surface area contributed by atoms with Gasteiger partial charge in [0, 0.05) is 23.2 Å². The molecule has 0 bridgehead atoms. The maximum Gasteiger partial charge on any atom is 0.0900 e. The molecule has 1 unspecified atom stereocenters. The quantitative estimate of drug-likeness (QED) is 0.731. The third-order valence-electron chi connectivity index (χ3n) is 3.57. The van der Waals surface area contributed by atoms with Crippen molar-refractivity contribution in [2.45, 2.75) is 19.4 Å². The molecule has 0 aliphatic carbocycles. The molecule has 2 aromatic carbocycles. The van der Waals surface area contributed by atoms with E-state index in [4.69, 9.17) is 23.8 Å². The molecule has 3 rings (SSSR count). The zero-order chi connectivity index (χ0) is 13.4. The van der Waals surface area contributed by atoms with Crippen LogP contribution < -0.4 is 4.90 Å².